The summed E-state index contributed by atoms with van der Waals surface area (Å²) in [5, 5.41) is 10.7. The molecule has 1 aromatic heterocycles. The molecular formula is C24H28N2O4S2. The van der Waals surface area contributed by atoms with Crippen molar-refractivity contribution in [3.05, 3.63) is 59.1 Å². The highest BCUT2D eigenvalue weighted by molar-refractivity contribution is 7.90. The molecule has 1 amide bonds. The molecule has 0 atom stereocenters. The smallest absolute Gasteiger partial charge is 0.253 e. The number of para-hydroxylation sites is 1. The van der Waals surface area contributed by atoms with Gasteiger partial charge in [-0.25, -0.2) is 13.4 Å². The highest BCUT2D eigenvalue weighted by atomic mass is 32.2. The molecule has 2 heterocycles. The second-order valence-corrected chi connectivity index (χ2v) is 11.4. The van der Waals surface area contributed by atoms with Crippen LogP contribution in [0.5, 0.6) is 0 Å². The van der Waals surface area contributed by atoms with Gasteiger partial charge in [0.15, 0.2) is 9.84 Å². The number of sulfone groups is 1. The summed E-state index contributed by atoms with van der Waals surface area (Å²) in [6.45, 7) is 3.18. The van der Waals surface area contributed by atoms with Gasteiger partial charge in [-0.1, -0.05) is 38.0 Å². The molecule has 0 bridgehead atoms. The number of amides is 1. The van der Waals surface area contributed by atoms with E-state index in [0.29, 0.717) is 42.6 Å². The average molecular weight is 473 g/mol. The average Bonchev–Trinajstić information content (AvgIpc) is 3.27. The van der Waals surface area contributed by atoms with Gasteiger partial charge in [-0.3, -0.25) is 4.79 Å². The van der Waals surface area contributed by atoms with E-state index in [-0.39, 0.29) is 16.6 Å². The Morgan fingerprint density at radius 1 is 1.16 bits per heavy atom. The molecule has 170 valence electrons. The third-order valence-electron chi connectivity index (χ3n) is 6.19. The van der Waals surface area contributed by atoms with Crippen molar-refractivity contribution < 1.29 is 18.3 Å². The Labute approximate surface area is 192 Å². The number of hydrogen-bond donors (Lipinski definition) is 1. The molecule has 1 aliphatic rings. The van der Waals surface area contributed by atoms with Gasteiger partial charge in [0.25, 0.3) is 5.91 Å². The number of likely N-dealkylation sites (tertiary alicyclic amines) is 1. The third-order valence-corrected chi connectivity index (χ3v) is 8.70. The van der Waals surface area contributed by atoms with Crippen LogP contribution in [0.25, 0.3) is 10.2 Å². The fourth-order valence-corrected chi connectivity index (χ4v) is 6.51. The van der Waals surface area contributed by atoms with Gasteiger partial charge in [0, 0.05) is 18.7 Å². The Kier molecular flexibility index (Phi) is 6.65. The molecule has 32 heavy (non-hydrogen) atoms. The van der Waals surface area contributed by atoms with Crippen molar-refractivity contribution in [1.82, 2.24) is 9.88 Å². The summed E-state index contributed by atoms with van der Waals surface area (Å²) in [7, 11) is -3.56. The first-order valence-electron chi connectivity index (χ1n) is 11.0. The Hall–Kier alpha value is -2.29. The fraction of sp³-hybridized carbons (Fsp3) is 0.417. The molecule has 8 heteroatoms. The first-order valence-corrected chi connectivity index (χ1v) is 13.5. The number of unbranched alkanes of at least 4 members (excludes halogenated alkanes) is 1. The second kappa shape index (κ2) is 9.29. The predicted molar refractivity (Wildman–Crippen MR) is 127 cm³/mol. The zero-order valence-electron chi connectivity index (χ0n) is 18.2. The number of hydrogen-bond acceptors (Lipinski definition) is 6. The Morgan fingerprint density at radius 3 is 2.56 bits per heavy atom. The quantitative estimate of drug-likeness (QED) is 0.550. The lowest BCUT2D eigenvalue weighted by atomic mass is 9.86. The first-order chi connectivity index (χ1) is 15.3. The number of fused-ring (bicyclic) bond motifs is 1. The molecule has 0 aliphatic carbocycles. The number of aromatic nitrogens is 1. The van der Waals surface area contributed by atoms with Gasteiger partial charge in [-0.2, -0.15) is 0 Å². The van der Waals surface area contributed by atoms with Crippen molar-refractivity contribution in [3.8, 4) is 0 Å². The lowest BCUT2D eigenvalue weighted by molar-refractivity contribution is -0.0242. The maximum absolute atomic E-state index is 13.0. The summed E-state index contributed by atoms with van der Waals surface area (Å²) in [4.78, 5) is 19.1. The van der Waals surface area contributed by atoms with Gasteiger partial charge in [-0.05, 0) is 49.1 Å². The topological polar surface area (TPSA) is 87.6 Å². The third kappa shape index (κ3) is 4.87. The van der Waals surface area contributed by atoms with Crippen LogP contribution in [-0.2, 0) is 15.6 Å². The molecule has 0 radical (unpaired) electrons. The van der Waals surface area contributed by atoms with Crippen LogP contribution in [0.1, 0.15) is 54.9 Å². The normalized spacial score (nSPS) is 16.4. The van der Waals surface area contributed by atoms with E-state index in [1.165, 1.54) is 11.3 Å². The summed E-state index contributed by atoms with van der Waals surface area (Å²) < 4.78 is 26.8. The predicted octanol–water partition coefficient (Wildman–Crippen LogP) is 4.43. The number of nitrogens with zero attached hydrogens (tertiary/aromatic N) is 2. The van der Waals surface area contributed by atoms with E-state index in [0.717, 1.165) is 24.0 Å². The lowest BCUT2D eigenvalue weighted by Gasteiger charge is -2.38. The van der Waals surface area contributed by atoms with E-state index >= 15 is 0 Å². The molecule has 1 aliphatic heterocycles. The lowest BCUT2D eigenvalue weighted by Crippen LogP contribution is -2.46. The number of aliphatic hydroxyl groups is 1. The minimum atomic E-state index is -3.56. The molecule has 0 unspecified atom stereocenters. The van der Waals surface area contributed by atoms with Gasteiger partial charge in [-0.15, -0.1) is 11.3 Å². The highest BCUT2D eigenvalue weighted by Gasteiger charge is 2.33. The van der Waals surface area contributed by atoms with Gasteiger partial charge in [0.2, 0.25) is 0 Å². The van der Waals surface area contributed by atoms with Crippen LogP contribution in [0, 0.1) is 0 Å². The van der Waals surface area contributed by atoms with Gasteiger partial charge < -0.3 is 10.0 Å². The number of carbonyl (C=O) groups excluding carboxylic acids is 1. The van der Waals surface area contributed by atoms with Gasteiger partial charge in [0.1, 0.15) is 0 Å². The Bertz CT molecular complexity index is 1190. The molecule has 1 fully saturated rings. The van der Waals surface area contributed by atoms with E-state index < -0.39 is 15.4 Å². The van der Waals surface area contributed by atoms with E-state index in [9.17, 15) is 18.3 Å². The Balaban J connectivity index is 1.42. The molecule has 1 saturated heterocycles. The van der Waals surface area contributed by atoms with Crippen molar-refractivity contribution in [1.29, 1.82) is 0 Å². The molecule has 0 saturated carbocycles. The van der Waals surface area contributed by atoms with Crippen molar-refractivity contribution in [2.45, 2.75) is 55.3 Å². The van der Waals surface area contributed by atoms with E-state index in [2.05, 4.69) is 11.9 Å². The second-order valence-electron chi connectivity index (χ2n) is 8.53. The van der Waals surface area contributed by atoms with Crippen LogP contribution in [0.3, 0.4) is 0 Å². The van der Waals surface area contributed by atoms with Gasteiger partial charge >= 0.3 is 0 Å². The van der Waals surface area contributed by atoms with Crippen molar-refractivity contribution in [2.75, 3.05) is 13.1 Å². The number of thiazole rings is 1. The summed E-state index contributed by atoms with van der Waals surface area (Å²) in [5.41, 5.74) is 2.65. The van der Waals surface area contributed by atoms with Crippen LogP contribution < -0.4 is 0 Å². The van der Waals surface area contributed by atoms with Crippen molar-refractivity contribution in [3.63, 3.8) is 0 Å². The zero-order valence-corrected chi connectivity index (χ0v) is 19.8. The van der Waals surface area contributed by atoms with Crippen LogP contribution in [0.4, 0.5) is 0 Å². The minimum Gasteiger partial charge on any atom is -0.390 e. The number of carbonyl (C=O) groups is 1. The van der Waals surface area contributed by atoms with E-state index in [1.807, 2.05) is 6.07 Å². The van der Waals surface area contributed by atoms with Crippen molar-refractivity contribution >= 4 is 37.3 Å². The highest BCUT2D eigenvalue weighted by Crippen LogP contribution is 2.29. The van der Waals surface area contributed by atoms with E-state index in [4.69, 9.17) is 0 Å². The summed E-state index contributed by atoms with van der Waals surface area (Å²) in [5.74, 6) is -0.226. The summed E-state index contributed by atoms with van der Waals surface area (Å²) in [6, 6.07) is 12.0. The molecule has 4 rings (SSSR count). The summed E-state index contributed by atoms with van der Waals surface area (Å²) in [6.07, 6.45) is 4.01. The van der Waals surface area contributed by atoms with Crippen LogP contribution in [-0.4, -0.2) is 48.0 Å². The SMILES string of the molecule is CCCCC1(O)CCN(C(=O)c2ccc(CS(=O)(=O)c3cccc4scnc34)cc2)CC1. The number of piperidine rings is 1. The number of rotatable bonds is 7. The fourth-order valence-electron chi connectivity index (χ4n) is 4.22. The maximum atomic E-state index is 13.0. The molecule has 3 aromatic rings. The molecule has 6 nitrogen and oxygen atoms in total. The van der Waals surface area contributed by atoms with Crippen LogP contribution in [0.15, 0.2) is 52.9 Å². The molecule has 0 spiro atoms. The van der Waals surface area contributed by atoms with Crippen LogP contribution in [0.2, 0.25) is 0 Å². The van der Waals surface area contributed by atoms with E-state index in [1.54, 1.807) is 46.8 Å². The van der Waals surface area contributed by atoms with Crippen LogP contribution >= 0.6 is 11.3 Å². The van der Waals surface area contributed by atoms with Gasteiger partial charge in [0.05, 0.1) is 32.0 Å². The standard InChI is InChI=1S/C24H28N2O4S2/c1-2-3-11-24(28)12-14-26(15-13-24)23(27)19-9-7-18(8-10-19)16-32(29,30)21-6-4-5-20-22(21)25-17-31-20/h4-10,17,28H,2-3,11-16H2,1H3. The molecule has 2 aromatic carbocycles. The minimum absolute atomic E-state index is 0.0795. The molecular weight excluding hydrogens is 444 g/mol. The summed E-state index contributed by atoms with van der Waals surface area (Å²) >= 11 is 1.41. The maximum Gasteiger partial charge on any atom is 0.253 e. The Morgan fingerprint density at radius 2 is 1.88 bits per heavy atom. The molecule has 1 N–H and O–H groups in total. The first kappa shape index (κ1) is 22.9. The van der Waals surface area contributed by atoms with Crippen molar-refractivity contribution in [2.24, 2.45) is 0 Å². The monoisotopic (exact) mass is 472 g/mol. The largest absolute Gasteiger partial charge is 0.390 e. The zero-order chi connectivity index (χ0) is 22.8. The number of benzene rings is 2.